The molecule has 1 rings (SSSR count). The molecule has 1 aromatic carbocycles. The van der Waals surface area contributed by atoms with Crippen molar-refractivity contribution in [3.63, 3.8) is 0 Å². The van der Waals surface area contributed by atoms with Crippen molar-refractivity contribution in [2.45, 2.75) is 52.4 Å². The Labute approximate surface area is 133 Å². The highest BCUT2D eigenvalue weighted by Gasteiger charge is 2.25. The number of hydrogen-bond donors (Lipinski definition) is 2. The van der Waals surface area contributed by atoms with Gasteiger partial charge in [-0.25, -0.2) is 4.79 Å². The summed E-state index contributed by atoms with van der Waals surface area (Å²) < 4.78 is 0. The lowest BCUT2D eigenvalue weighted by Crippen LogP contribution is -2.17. The standard InChI is InChI=1S/C19H26O3/c1-18(2,3)14-11-13(9-7-8-10-16(20)21)12-15(17(14)22)19(4,5)6/h7-12,22H,1-6H3,(H,20,21). The summed E-state index contributed by atoms with van der Waals surface area (Å²) in [5, 5.41) is 19.2. The molecule has 0 atom stereocenters. The Morgan fingerprint density at radius 2 is 1.41 bits per heavy atom. The minimum atomic E-state index is -0.971. The first-order valence-corrected chi connectivity index (χ1v) is 7.38. The van der Waals surface area contributed by atoms with E-state index in [9.17, 15) is 9.90 Å². The highest BCUT2D eigenvalue weighted by Crippen LogP contribution is 2.39. The zero-order valence-electron chi connectivity index (χ0n) is 14.3. The van der Waals surface area contributed by atoms with E-state index in [0.29, 0.717) is 5.75 Å². The van der Waals surface area contributed by atoms with Crippen LogP contribution in [-0.2, 0) is 15.6 Å². The molecule has 1 aromatic rings. The lowest BCUT2D eigenvalue weighted by molar-refractivity contribution is -0.131. The van der Waals surface area contributed by atoms with E-state index in [4.69, 9.17) is 5.11 Å². The van der Waals surface area contributed by atoms with E-state index in [1.165, 1.54) is 6.08 Å². The zero-order chi connectivity index (χ0) is 17.1. The summed E-state index contributed by atoms with van der Waals surface area (Å²) in [6, 6.07) is 3.91. The van der Waals surface area contributed by atoms with Crippen molar-refractivity contribution in [3.8, 4) is 5.75 Å². The van der Waals surface area contributed by atoms with Crippen LogP contribution in [0.25, 0.3) is 6.08 Å². The molecule has 0 amide bonds. The smallest absolute Gasteiger partial charge is 0.328 e. The van der Waals surface area contributed by atoms with Gasteiger partial charge in [0.2, 0.25) is 0 Å². The summed E-state index contributed by atoms with van der Waals surface area (Å²) in [6.07, 6.45) is 6.12. The molecule has 0 aliphatic carbocycles. The first-order chi connectivity index (χ1) is 9.93. The number of allylic oxidation sites excluding steroid dienone is 2. The third-order valence-corrected chi connectivity index (χ3v) is 3.39. The number of carbonyl (C=O) groups is 1. The molecule has 0 unspecified atom stereocenters. The van der Waals surface area contributed by atoms with Crippen molar-refractivity contribution in [2.75, 3.05) is 0 Å². The van der Waals surface area contributed by atoms with Gasteiger partial charge < -0.3 is 10.2 Å². The average Bonchev–Trinajstić information content (AvgIpc) is 2.33. The Morgan fingerprint density at radius 3 is 1.77 bits per heavy atom. The molecular formula is C19H26O3. The predicted octanol–water partition coefficient (Wildman–Crippen LogP) is 4.64. The lowest BCUT2D eigenvalue weighted by Gasteiger charge is -2.27. The molecule has 0 fully saturated rings. The van der Waals surface area contributed by atoms with Crippen LogP contribution in [0.15, 0.2) is 30.4 Å². The molecule has 2 N–H and O–H groups in total. The first kappa shape index (κ1) is 18.0. The molecule has 0 aromatic heterocycles. The monoisotopic (exact) mass is 302 g/mol. The van der Waals surface area contributed by atoms with Crippen molar-refractivity contribution < 1.29 is 15.0 Å². The second-order valence-electron chi connectivity index (χ2n) is 7.52. The molecule has 3 heteroatoms. The molecule has 0 aliphatic heterocycles. The Hall–Kier alpha value is -2.03. The number of phenols is 1. The molecule has 0 heterocycles. The molecule has 0 aliphatic rings. The first-order valence-electron chi connectivity index (χ1n) is 7.38. The minimum absolute atomic E-state index is 0.176. The van der Waals surface area contributed by atoms with E-state index in [0.717, 1.165) is 22.8 Å². The highest BCUT2D eigenvalue weighted by atomic mass is 16.4. The highest BCUT2D eigenvalue weighted by molar-refractivity contribution is 5.80. The van der Waals surface area contributed by atoms with Crippen LogP contribution in [0, 0.1) is 0 Å². The second kappa shape index (κ2) is 6.39. The number of carboxylic acids is 1. The second-order valence-corrected chi connectivity index (χ2v) is 7.52. The molecule has 0 bridgehead atoms. The lowest BCUT2D eigenvalue weighted by atomic mass is 9.78. The summed E-state index contributed by atoms with van der Waals surface area (Å²) in [7, 11) is 0. The fourth-order valence-corrected chi connectivity index (χ4v) is 2.20. The van der Waals surface area contributed by atoms with Gasteiger partial charge in [-0.1, -0.05) is 59.8 Å². The summed E-state index contributed by atoms with van der Waals surface area (Å²) in [5.74, 6) is -0.626. The third-order valence-electron chi connectivity index (χ3n) is 3.39. The maximum Gasteiger partial charge on any atom is 0.328 e. The summed E-state index contributed by atoms with van der Waals surface area (Å²) >= 11 is 0. The van der Waals surface area contributed by atoms with Gasteiger partial charge in [-0.05, 0) is 28.5 Å². The fraction of sp³-hybridized carbons (Fsp3) is 0.421. The van der Waals surface area contributed by atoms with Crippen LogP contribution >= 0.6 is 0 Å². The molecule has 0 saturated carbocycles. The van der Waals surface area contributed by atoms with Crippen molar-refractivity contribution >= 4 is 12.0 Å². The molecule has 0 radical (unpaired) electrons. The SMILES string of the molecule is CC(C)(C)c1cc(C=CC=CC(=O)O)cc(C(C)(C)C)c1O. The molecule has 0 saturated heterocycles. The summed E-state index contributed by atoms with van der Waals surface area (Å²) in [4.78, 5) is 10.5. The maximum absolute atomic E-state index is 10.6. The van der Waals surface area contributed by atoms with Gasteiger partial charge in [0.05, 0.1) is 0 Å². The van der Waals surface area contributed by atoms with Crippen molar-refractivity contribution in [1.29, 1.82) is 0 Å². The van der Waals surface area contributed by atoms with E-state index in [1.54, 1.807) is 6.08 Å². The van der Waals surface area contributed by atoms with E-state index >= 15 is 0 Å². The van der Waals surface area contributed by atoms with Crippen LogP contribution in [0.4, 0.5) is 0 Å². The Morgan fingerprint density at radius 1 is 0.955 bits per heavy atom. The normalized spacial score (nSPS) is 13.2. The Kier molecular flexibility index (Phi) is 5.23. The van der Waals surface area contributed by atoms with Gasteiger partial charge in [-0.3, -0.25) is 0 Å². The van der Waals surface area contributed by atoms with E-state index < -0.39 is 5.97 Å². The number of rotatable bonds is 3. The Bertz CT molecular complexity index is 574. The summed E-state index contributed by atoms with van der Waals surface area (Å²) in [6.45, 7) is 12.4. The van der Waals surface area contributed by atoms with Crippen LogP contribution in [0.2, 0.25) is 0 Å². The van der Waals surface area contributed by atoms with Crippen molar-refractivity contribution in [3.05, 3.63) is 47.1 Å². The van der Waals surface area contributed by atoms with E-state index in [-0.39, 0.29) is 10.8 Å². The van der Waals surface area contributed by atoms with Crippen molar-refractivity contribution in [1.82, 2.24) is 0 Å². The molecule has 0 spiro atoms. The number of aliphatic carboxylic acids is 1. The van der Waals surface area contributed by atoms with Gasteiger partial charge in [-0.15, -0.1) is 0 Å². The van der Waals surface area contributed by atoms with E-state index in [1.807, 2.05) is 18.2 Å². The number of benzene rings is 1. The largest absolute Gasteiger partial charge is 0.507 e. The van der Waals surface area contributed by atoms with Crippen LogP contribution in [0.3, 0.4) is 0 Å². The number of phenolic OH excluding ortho intramolecular Hbond substituents is 1. The quantitative estimate of drug-likeness (QED) is 0.631. The van der Waals surface area contributed by atoms with Gasteiger partial charge in [-0.2, -0.15) is 0 Å². The molecule has 22 heavy (non-hydrogen) atoms. The van der Waals surface area contributed by atoms with Crippen LogP contribution < -0.4 is 0 Å². The van der Waals surface area contributed by atoms with E-state index in [2.05, 4.69) is 41.5 Å². The van der Waals surface area contributed by atoms with Crippen LogP contribution in [0.1, 0.15) is 58.2 Å². The van der Waals surface area contributed by atoms with Crippen molar-refractivity contribution in [2.24, 2.45) is 0 Å². The van der Waals surface area contributed by atoms with Gasteiger partial charge in [0, 0.05) is 17.2 Å². The molecule has 3 nitrogen and oxygen atoms in total. The third kappa shape index (κ3) is 4.76. The molecular weight excluding hydrogens is 276 g/mol. The van der Waals surface area contributed by atoms with Crippen LogP contribution in [0.5, 0.6) is 5.75 Å². The van der Waals surface area contributed by atoms with Gasteiger partial charge in [0.25, 0.3) is 0 Å². The van der Waals surface area contributed by atoms with Gasteiger partial charge >= 0.3 is 5.97 Å². The number of aromatic hydroxyl groups is 1. The predicted molar refractivity (Wildman–Crippen MR) is 91.3 cm³/mol. The fourth-order valence-electron chi connectivity index (χ4n) is 2.20. The number of carboxylic acid groups (broad SMARTS) is 1. The average molecular weight is 302 g/mol. The van der Waals surface area contributed by atoms with Crippen LogP contribution in [-0.4, -0.2) is 16.2 Å². The zero-order valence-corrected chi connectivity index (χ0v) is 14.3. The minimum Gasteiger partial charge on any atom is -0.507 e. The Balaban J connectivity index is 3.39. The number of hydrogen-bond acceptors (Lipinski definition) is 2. The summed E-state index contributed by atoms with van der Waals surface area (Å²) in [5.41, 5.74) is 2.38. The topological polar surface area (TPSA) is 57.5 Å². The van der Waals surface area contributed by atoms with Gasteiger partial charge in [0.1, 0.15) is 5.75 Å². The molecule has 120 valence electrons. The maximum atomic E-state index is 10.6. The van der Waals surface area contributed by atoms with Gasteiger partial charge in [0.15, 0.2) is 0 Å².